The number of para-hydroxylation sites is 4. The Kier molecular flexibility index (Phi) is 2.46. The number of hydrogen-bond donors (Lipinski definition) is 1. The molecule has 1 N–H and O–H groups in total. The Bertz CT molecular complexity index is 705. The molecular weight excluding hydrogens is 244 g/mol. The van der Waals surface area contributed by atoms with Gasteiger partial charge in [-0.3, -0.25) is 0 Å². The molecular formula is C18H13N2. The van der Waals surface area contributed by atoms with Crippen LogP contribution in [0.15, 0.2) is 72.8 Å². The number of nitrogens with one attached hydrogen (secondary N) is 1. The molecule has 3 aromatic rings. The number of fused-ring (bicyclic) bond motifs is 2. The minimum atomic E-state index is 1.05. The molecule has 0 amide bonds. The average molecular weight is 257 g/mol. The van der Waals surface area contributed by atoms with Crippen LogP contribution in [0.3, 0.4) is 0 Å². The van der Waals surface area contributed by atoms with E-state index in [-0.39, 0.29) is 0 Å². The molecule has 0 unspecified atom stereocenters. The third kappa shape index (κ3) is 1.66. The molecule has 0 spiro atoms. The van der Waals surface area contributed by atoms with Crippen molar-refractivity contribution in [3.8, 4) is 0 Å². The highest BCUT2D eigenvalue weighted by atomic mass is 15.2. The zero-order chi connectivity index (χ0) is 13.4. The topological polar surface area (TPSA) is 15.3 Å². The fourth-order valence-corrected chi connectivity index (χ4v) is 2.60. The van der Waals surface area contributed by atoms with Crippen molar-refractivity contribution in [1.29, 1.82) is 0 Å². The van der Waals surface area contributed by atoms with Gasteiger partial charge in [0.25, 0.3) is 0 Å². The smallest absolute Gasteiger partial charge is 0.0777 e. The van der Waals surface area contributed by atoms with Gasteiger partial charge in [0, 0.05) is 11.8 Å². The van der Waals surface area contributed by atoms with Gasteiger partial charge in [0.05, 0.1) is 22.7 Å². The van der Waals surface area contributed by atoms with Gasteiger partial charge in [-0.15, -0.1) is 0 Å². The van der Waals surface area contributed by atoms with Crippen molar-refractivity contribution in [2.45, 2.75) is 0 Å². The van der Waals surface area contributed by atoms with Crippen molar-refractivity contribution in [3.05, 3.63) is 78.9 Å². The van der Waals surface area contributed by atoms with E-state index in [0.717, 1.165) is 28.4 Å². The van der Waals surface area contributed by atoms with E-state index in [1.807, 2.05) is 24.3 Å². The highest BCUT2D eigenvalue weighted by Crippen LogP contribution is 2.46. The van der Waals surface area contributed by atoms with E-state index >= 15 is 0 Å². The van der Waals surface area contributed by atoms with Gasteiger partial charge in [-0.05, 0) is 30.3 Å². The molecule has 1 aliphatic heterocycles. The first kappa shape index (κ1) is 11.1. The molecule has 95 valence electrons. The molecule has 3 aromatic carbocycles. The molecule has 20 heavy (non-hydrogen) atoms. The quantitative estimate of drug-likeness (QED) is 0.515. The monoisotopic (exact) mass is 257 g/mol. The van der Waals surface area contributed by atoms with E-state index in [4.69, 9.17) is 0 Å². The Morgan fingerprint density at radius 1 is 0.750 bits per heavy atom. The molecule has 1 heterocycles. The van der Waals surface area contributed by atoms with Crippen LogP contribution in [0.5, 0.6) is 0 Å². The van der Waals surface area contributed by atoms with Crippen LogP contribution < -0.4 is 10.2 Å². The van der Waals surface area contributed by atoms with Crippen LogP contribution in [0.2, 0.25) is 0 Å². The lowest BCUT2D eigenvalue weighted by molar-refractivity contribution is 1.25. The van der Waals surface area contributed by atoms with E-state index in [1.165, 1.54) is 0 Å². The van der Waals surface area contributed by atoms with Gasteiger partial charge in [-0.1, -0.05) is 42.5 Å². The minimum Gasteiger partial charge on any atom is -0.352 e. The second-order valence-electron chi connectivity index (χ2n) is 4.75. The highest BCUT2D eigenvalue weighted by Gasteiger charge is 2.22. The maximum atomic E-state index is 3.47. The summed E-state index contributed by atoms with van der Waals surface area (Å²) in [6, 6.07) is 28.1. The molecule has 0 aliphatic carbocycles. The van der Waals surface area contributed by atoms with Crippen LogP contribution in [-0.4, -0.2) is 0 Å². The van der Waals surface area contributed by atoms with E-state index < -0.39 is 0 Å². The summed E-state index contributed by atoms with van der Waals surface area (Å²) < 4.78 is 0. The molecule has 2 heteroatoms. The predicted octanol–water partition coefficient (Wildman–Crippen LogP) is 5.01. The standard InChI is InChI=1S/C18H13N2/c1-2-8-14(9-3-1)20-17-12-6-4-10-15(17)19-16-11-5-7-13-18(16)20/h1-12,19H. The van der Waals surface area contributed by atoms with E-state index in [2.05, 4.69) is 64.8 Å². The van der Waals surface area contributed by atoms with Gasteiger partial charge < -0.3 is 10.2 Å². The van der Waals surface area contributed by atoms with Gasteiger partial charge in [-0.2, -0.15) is 0 Å². The Labute approximate surface area is 118 Å². The lowest BCUT2D eigenvalue weighted by Gasteiger charge is -2.33. The molecule has 1 aliphatic rings. The third-order valence-corrected chi connectivity index (χ3v) is 3.49. The molecule has 1 radical (unpaired) electrons. The van der Waals surface area contributed by atoms with Crippen molar-refractivity contribution in [3.63, 3.8) is 0 Å². The maximum absolute atomic E-state index is 3.47. The molecule has 0 saturated carbocycles. The lowest BCUT2D eigenvalue weighted by Crippen LogP contribution is -2.17. The van der Waals surface area contributed by atoms with Crippen molar-refractivity contribution in [2.75, 3.05) is 10.2 Å². The molecule has 2 nitrogen and oxygen atoms in total. The van der Waals surface area contributed by atoms with Crippen LogP contribution in [0.25, 0.3) is 0 Å². The van der Waals surface area contributed by atoms with Gasteiger partial charge in [0.15, 0.2) is 0 Å². The summed E-state index contributed by atoms with van der Waals surface area (Å²) in [5.41, 5.74) is 5.54. The molecule has 0 saturated heterocycles. The van der Waals surface area contributed by atoms with Gasteiger partial charge >= 0.3 is 0 Å². The van der Waals surface area contributed by atoms with Crippen molar-refractivity contribution < 1.29 is 0 Å². The number of anilines is 5. The SMILES string of the molecule is [c]1cccc2c1N(c1ccccc1)c1ccccc1N2. The zero-order valence-corrected chi connectivity index (χ0v) is 10.9. The first-order valence-electron chi connectivity index (χ1n) is 6.65. The second kappa shape index (κ2) is 4.42. The number of nitrogens with zero attached hydrogens (tertiary/aromatic N) is 1. The molecule has 0 bridgehead atoms. The Hall–Kier alpha value is -2.74. The largest absolute Gasteiger partial charge is 0.352 e. The molecule has 4 rings (SSSR count). The highest BCUT2D eigenvalue weighted by molar-refractivity contribution is 5.96. The first-order chi connectivity index (χ1) is 9.93. The summed E-state index contributed by atoms with van der Waals surface area (Å²) in [6.45, 7) is 0. The first-order valence-corrected chi connectivity index (χ1v) is 6.65. The normalized spacial score (nSPS) is 12.3. The van der Waals surface area contributed by atoms with E-state index in [1.54, 1.807) is 0 Å². The number of benzene rings is 3. The third-order valence-electron chi connectivity index (χ3n) is 3.49. The zero-order valence-electron chi connectivity index (χ0n) is 10.9. The summed E-state index contributed by atoms with van der Waals surface area (Å²) in [6.07, 6.45) is 0. The van der Waals surface area contributed by atoms with Crippen molar-refractivity contribution >= 4 is 28.4 Å². The maximum Gasteiger partial charge on any atom is 0.0777 e. The van der Waals surface area contributed by atoms with Crippen LogP contribution in [0.1, 0.15) is 0 Å². The minimum absolute atomic E-state index is 1.05. The van der Waals surface area contributed by atoms with Crippen LogP contribution >= 0.6 is 0 Å². The van der Waals surface area contributed by atoms with Crippen LogP contribution in [0.4, 0.5) is 28.4 Å². The van der Waals surface area contributed by atoms with Gasteiger partial charge in [0.2, 0.25) is 0 Å². The van der Waals surface area contributed by atoms with E-state index in [0.29, 0.717) is 0 Å². The Balaban J connectivity index is 1.98. The summed E-state index contributed by atoms with van der Waals surface area (Å²) in [5.74, 6) is 0. The van der Waals surface area contributed by atoms with Gasteiger partial charge in [0.1, 0.15) is 0 Å². The number of rotatable bonds is 1. The number of hydrogen-bond acceptors (Lipinski definition) is 2. The fourth-order valence-electron chi connectivity index (χ4n) is 2.60. The van der Waals surface area contributed by atoms with Crippen molar-refractivity contribution in [2.24, 2.45) is 0 Å². The molecule has 0 aromatic heterocycles. The molecule has 0 fully saturated rings. The summed E-state index contributed by atoms with van der Waals surface area (Å²) >= 11 is 0. The lowest BCUT2D eigenvalue weighted by atomic mass is 10.1. The van der Waals surface area contributed by atoms with Gasteiger partial charge in [-0.25, -0.2) is 0 Å². The summed E-state index contributed by atoms with van der Waals surface area (Å²) in [4.78, 5) is 2.24. The average Bonchev–Trinajstić information content (AvgIpc) is 2.53. The predicted molar refractivity (Wildman–Crippen MR) is 83.2 cm³/mol. The molecule has 0 atom stereocenters. The van der Waals surface area contributed by atoms with E-state index in [9.17, 15) is 0 Å². The van der Waals surface area contributed by atoms with Crippen molar-refractivity contribution in [1.82, 2.24) is 0 Å². The summed E-state index contributed by atoms with van der Waals surface area (Å²) in [7, 11) is 0. The van der Waals surface area contributed by atoms with Crippen LogP contribution in [0, 0.1) is 6.07 Å². The Morgan fingerprint density at radius 2 is 1.50 bits per heavy atom. The summed E-state index contributed by atoms with van der Waals surface area (Å²) in [5, 5.41) is 3.47. The fraction of sp³-hybridized carbons (Fsp3) is 0. The second-order valence-corrected chi connectivity index (χ2v) is 4.75. The van der Waals surface area contributed by atoms with Crippen LogP contribution in [-0.2, 0) is 0 Å². The Morgan fingerprint density at radius 3 is 2.40 bits per heavy atom.